The van der Waals surface area contributed by atoms with Crippen LogP contribution in [0.25, 0.3) is 10.2 Å². The molecule has 10 heteroatoms. The molecule has 2 aromatic carbocycles. The Morgan fingerprint density at radius 3 is 2.64 bits per heavy atom. The van der Waals surface area contributed by atoms with Crippen LogP contribution >= 0.6 is 23.1 Å². The number of thiazole rings is 1. The highest BCUT2D eigenvalue weighted by Crippen LogP contribution is 2.33. The van der Waals surface area contributed by atoms with Gasteiger partial charge in [0.1, 0.15) is 5.52 Å². The summed E-state index contributed by atoms with van der Waals surface area (Å²) in [5.74, 6) is 0.655. The first kappa shape index (κ1) is 24.2. The number of fused-ring (bicyclic) bond motifs is 1. The fourth-order valence-corrected chi connectivity index (χ4v) is 6.42. The van der Waals surface area contributed by atoms with Gasteiger partial charge in [-0.05, 0) is 24.3 Å². The highest BCUT2D eigenvalue weighted by Gasteiger charge is 2.23. The second-order valence-corrected chi connectivity index (χ2v) is 11.9. The van der Waals surface area contributed by atoms with Crippen molar-refractivity contribution in [2.45, 2.75) is 16.2 Å². The molecule has 0 bridgehead atoms. The molecule has 0 atom stereocenters. The van der Waals surface area contributed by atoms with Crippen molar-refractivity contribution in [2.75, 3.05) is 56.3 Å². The normalized spacial score (nSPS) is 15.1. The molecule has 0 aliphatic carbocycles. The van der Waals surface area contributed by atoms with Gasteiger partial charge in [0, 0.05) is 49.5 Å². The van der Waals surface area contributed by atoms with E-state index in [0.29, 0.717) is 42.6 Å². The fraction of sp³-hybridized carbons (Fsp3) is 0.391. The molecular formula is C23H27N3O4S3. The van der Waals surface area contributed by atoms with Crippen LogP contribution in [0.15, 0.2) is 58.3 Å². The van der Waals surface area contributed by atoms with Gasteiger partial charge < -0.3 is 4.74 Å². The van der Waals surface area contributed by atoms with Crippen molar-refractivity contribution in [3.05, 3.63) is 48.5 Å². The Bertz CT molecular complexity index is 1190. The van der Waals surface area contributed by atoms with Gasteiger partial charge in [-0.15, -0.1) is 11.8 Å². The van der Waals surface area contributed by atoms with Gasteiger partial charge in [0.2, 0.25) is 5.91 Å². The smallest absolute Gasteiger partial charge is 0.229 e. The number of anilines is 1. The number of para-hydroxylation sites is 1. The number of benzene rings is 2. The number of nitrogens with zero attached hydrogens (tertiary/aromatic N) is 3. The van der Waals surface area contributed by atoms with Crippen molar-refractivity contribution in [3.63, 3.8) is 0 Å². The summed E-state index contributed by atoms with van der Waals surface area (Å²) in [5.41, 5.74) is 0.433. The Kier molecular flexibility index (Phi) is 8.02. The van der Waals surface area contributed by atoms with Gasteiger partial charge >= 0.3 is 0 Å². The monoisotopic (exact) mass is 505 g/mol. The largest absolute Gasteiger partial charge is 0.379 e. The minimum Gasteiger partial charge on any atom is -0.379 e. The molecule has 1 aliphatic rings. The van der Waals surface area contributed by atoms with Crippen molar-refractivity contribution in [1.82, 2.24) is 9.88 Å². The minimum absolute atomic E-state index is 0.00773. The molecule has 7 nitrogen and oxygen atoms in total. The molecule has 2 heterocycles. The molecule has 0 saturated carbocycles. The maximum absolute atomic E-state index is 13.3. The molecule has 1 amide bonds. The first-order valence-electron chi connectivity index (χ1n) is 10.8. The van der Waals surface area contributed by atoms with E-state index in [-0.39, 0.29) is 10.8 Å². The summed E-state index contributed by atoms with van der Waals surface area (Å²) in [6.45, 7) is 4.29. The Labute approximate surface area is 202 Å². The molecule has 4 rings (SSSR count). The quantitative estimate of drug-likeness (QED) is 0.412. The molecule has 0 N–H and O–H groups in total. The molecule has 1 aromatic heterocycles. The molecule has 0 spiro atoms. The average Bonchev–Trinajstić information content (AvgIpc) is 3.24. The number of aromatic nitrogens is 1. The van der Waals surface area contributed by atoms with E-state index in [1.165, 1.54) is 17.6 Å². The van der Waals surface area contributed by atoms with Gasteiger partial charge in [0.25, 0.3) is 0 Å². The van der Waals surface area contributed by atoms with Crippen molar-refractivity contribution >= 4 is 54.2 Å². The first-order valence-corrected chi connectivity index (χ1v) is 14.5. The zero-order valence-corrected chi connectivity index (χ0v) is 20.9. The molecule has 1 aliphatic heterocycles. The van der Waals surface area contributed by atoms with Gasteiger partial charge in [0.05, 0.1) is 22.8 Å². The lowest BCUT2D eigenvalue weighted by Gasteiger charge is -2.29. The number of carbonyl (C=O) groups is 1. The lowest BCUT2D eigenvalue weighted by atomic mass is 10.3. The van der Waals surface area contributed by atoms with E-state index in [1.807, 2.05) is 36.4 Å². The SMILES string of the molecule is CS(=O)(=O)c1cccc2sc(N(CCN3CCOCC3)C(=O)CCSc3ccccc3)nc12. The van der Waals surface area contributed by atoms with Crippen LogP contribution in [0.3, 0.4) is 0 Å². The maximum atomic E-state index is 13.3. The number of morpholine rings is 1. The van der Waals surface area contributed by atoms with E-state index in [4.69, 9.17) is 4.74 Å². The van der Waals surface area contributed by atoms with Crippen LogP contribution in [0.1, 0.15) is 6.42 Å². The van der Waals surface area contributed by atoms with Gasteiger partial charge in [-0.25, -0.2) is 13.4 Å². The van der Waals surface area contributed by atoms with Gasteiger partial charge in [-0.1, -0.05) is 35.6 Å². The summed E-state index contributed by atoms with van der Waals surface area (Å²) in [6.07, 6.45) is 1.56. The lowest BCUT2D eigenvalue weighted by Crippen LogP contribution is -2.43. The second kappa shape index (κ2) is 11.0. The predicted octanol–water partition coefficient (Wildman–Crippen LogP) is 3.55. The summed E-state index contributed by atoms with van der Waals surface area (Å²) in [4.78, 5) is 23.2. The number of carbonyl (C=O) groups excluding carboxylic acids is 1. The van der Waals surface area contributed by atoms with E-state index < -0.39 is 9.84 Å². The fourth-order valence-electron chi connectivity index (χ4n) is 3.63. The summed E-state index contributed by atoms with van der Waals surface area (Å²) >= 11 is 3.01. The first-order chi connectivity index (χ1) is 15.9. The Morgan fingerprint density at radius 1 is 1.15 bits per heavy atom. The Balaban J connectivity index is 1.54. The van der Waals surface area contributed by atoms with Crippen LogP contribution < -0.4 is 4.90 Å². The number of rotatable bonds is 9. The maximum Gasteiger partial charge on any atom is 0.229 e. The molecule has 176 valence electrons. The molecule has 0 radical (unpaired) electrons. The van der Waals surface area contributed by atoms with Crippen molar-refractivity contribution in [2.24, 2.45) is 0 Å². The van der Waals surface area contributed by atoms with Crippen LogP contribution in [0.5, 0.6) is 0 Å². The highest BCUT2D eigenvalue weighted by atomic mass is 32.2. The van der Waals surface area contributed by atoms with Gasteiger partial charge in [0.15, 0.2) is 15.0 Å². The van der Waals surface area contributed by atoms with E-state index in [1.54, 1.807) is 28.8 Å². The second-order valence-electron chi connectivity index (χ2n) is 7.78. The Hall–Kier alpha value is -1.98. The van der Waals surface area contributed by atoms with Crippen molar-refractivity contribution < 1.29 is 17.9 Å². The number of thioether (sulfide) groups is 1. The standard InChI is InChI=1S/C23H27N3O4S3/c1-33(28,29)20-9-5-8-19-22(20)24-23(32-19)26(12-11-25-13-15-30-16-14-25)21(27)10-17-31-18-6-3-2-4-7-18/h2-9H,10-17H2,1H3. The van der Waals surface area contributed by atoms with Crippen LogP contribution in [0.2, 0.25) is 0 Å². The molecular weight excluding hydrogens is 478 g/mol. The predicted molar refractivity (Wildman–Crippen MR) is 134 cm³/mol. The molecule has 1 fully saturated rings. The zero-order valence-electron chi connectivity index (χ0n) is 18.5. The molecule has 33 heavy (non-hydrogen) atoms. The summed E-state index contributed by atoms with van der Waals surface area (Å²) in [6, 6.07) is 15.1. The third kappa shape index (κ3) is 6.33. The number of hydrogen-bond acceptors (Lipinski definition) is 8. The number of hydrogen-bond donors (Lipinski definition) is 0. The van der Waals surface area contributed by atoms with E-state index in [2.05, 4.69) is 9.88 Å². The molecule has 3 aromatic rings. The minimum atomic E-state index is -3.42. The summed E-state index contributed by atoms with van der Waals surface area (Å²) in [7, 11) is -3.42. The third-order valence-electron chi connectivity index (χ3n) is 5.37. The Morgan fingerprint density at radius 2 is 1.91 bits per heavy atom. The van der Waals surface area contributed by atoms with E-state index in [9.17, 15) is 13.2 Å². The summed E-state index contributed by atoms with van der Waals surface area (Å²) in [5, 5.41) is 0.545. The molecule has 1 saturated heterocycles. The van der Waals surface area contributed by atoms with E-state index >= 15 is 0 Å². The van der Waals surface area contributed by atoms with Gasteiger partial charge in [-0.3, -0.25) is 14.6 Å². The lowest BCUT2D eigenvalue weighted by molar-refractivity contribution is -0.118. The van der Waals surface area contributed by atoms with Crippen molar-refractivity contribution in [1.29, 1.82) is 0 Å². The third-order valence-corrected chi connectivity index (χ3v) is 8.56. The van der Waals surface area contributed by atoms with Crippen LogP contribution in [0, 0.1) is 0 Å². The highest BCUT2D eigenvalue weighted by molar-refractivity contribution is 7.99. The molecule has 0 unspecified atom stereocenters. The van der Waals surface area contributed by atoms with Crippen molar-refractivity contribution in [3.8, 4) is 0 Å². The van der Waals surface area contributed by atoms with Crippen LogP contribution in [0.4, 0.5) is 5.13 Å². The number of ether oxygens (including phenoxy) is 1. The zero-order chi connectivity index (χ0) is 23.3. The summed E-state index contributed by atoms with van der Waals surface area (Å²) < 4.78 is 30.6. The van der Waals surface area contributed by atoms with Crippen LogP contribution in [-0.2, 0) is 19.4 Å². The number of amides is 1. The van der Waals surface area contributed by atoms with Crippen LogP contribution in [-0.4, -0.2) is 75.6 Å². The number of sulfone groups is 1. The van der Waals surface area contributed by atoms with E-state index in [0.717, 1.165) is 29.2 Å². The average molecular weight is 506 g/mol. The van der Waals surface area contributed by atoms with Gasteiger partial charge in [-0.2, -0.15) is 0 Å². The topological polar surface area (TPSA) is 79.8 Å².